The van der Waals surface area contributed by atoms with E-state index in [0.717, 1.165) is 11.4 Å². The molecule has 1 spiro atoms. The average Bonchev–Trinajstić information content (AvgIpc) is 3.41. The average molecular weight is 452 g/mol. The van der Waals surface area contributed by atoms with Crippen LogP contribution in [0.3, 0.4) is 0 Å². The smallest absolute Gasteiger partial charge is 0.259 e. The van der Waals surface area contributed by atoms with Crippen LogP contribution in [-0.4, -0.2) is 72.2 Å². The molecule has 2 fully saturated rings. The molecule has 1 N–H and O–H groups in total. The van der Waals surface area contributed by atoms with Crippen molar-refractivity contribution in [3.8, 4) is 5.69 Å². The van der Waals surface area contributed by atoms with Gasteiger partial charge in [-0.2, -0.15) is 15.0 Å². The number of likely N-dealkylation sites (tertiary alicyclic amines) is 1. The highest BCUT2D eigenvalue weighted by molar-refractivity contribution is 5.98. The van der Waals surface area contributed by atoms with Crippen LogP contribution >= 0.6 is 0 Å². The lowest BCUT2D eigenvalue weighted by Crippen LogP contribution is -2.54. The first-order valence-electron chi connectivity index (χ1n) is 11.1. The predicted molar refractivity (Wildman–Crippen MR) is 119 cm³/mol. The Bertz CT molecular complexity index is 1160. The van der Waals surface area contributed by atoms with Crippen molar-refractivity contribution >= 4 is 11.9 Å². The maximum Gasteiger partial charge on any atom is 0.259 e. The molecule has 1 unspecified atom stereocenters. The van der Waals surface area contributed by atoms with Crippen LogP contribution in [-0.2, 0) is 0 Å². The number of aryl methyl sites for hydroxylation is 2. The molecule has 10 heteroatoms. The maximum absolute atomic E-state index is 15.0. The van der Waals surface area contributed by atoms with Crippen LogP contribution in [0, 0.1) is 19.7 Å². The Balaban J connectivity index is 1.44. The van der Waals surface area contributed by atoms with Crippen molar-refractivity contribution in [1.82, 2.24) is 29.9 Å². The second-order valence-electron chi connectivity index (χ2n) is 8.89. The number of benzene rings is 1. The van der Waals surface area contributed by atoms with Crippen LogP contribution in [0.1, 0.15) is 41.0 Å². The molecule has 9 nitrogen and oxygen atoms in total. The minimum Gasteiger partial charge on any atom is -0.391 e. The fourth-order valence-corrected chi connectivity index (χ4v) is 5.13. The van der Waals surface area contributed by atoms with E-state index in [1.807, 2.05) is 19.9 Å². The van der Waals surface area contributed by atoms with Crippen molar-refractivity contribution in [2.75, 3.05) is 24.5 Å². The Labute approximate surface area is 190 Å². The number of aliphatic hydroxyl groups excluding tert-OH is 1. The van der Waals surface area contributed by atoms with Crippen molar-refractivity contribution in [2.45, 2.75) is 44.8 Å². The number of halogens is 1. The first-order chi connectivity index (χ1) is 15.9. The molecular weight excluding hydrogens is 425 g/mol. The van der Waals surface area contributed by atoms with Crippen LogP contribution in [0.15, 0.2) is 36.7 Å². The van der Waals surface area contributed by atoms with Gasteiger partial charge in [-0.15, -0.1) is 0 Å². The number of amides is 1. The van der Waals surface area contributed by atoms with Crippen molar-refractivity contribution in [1.29, 1.82) is 0 Å². The summed E-state index contributed by atoms with van der Waals surface area (Å²) in [5.41, 5.74) is 1.46. The van der Waals surface area contributed by atoms with E-state index in [4.69, 9.17) is 0 Å². The number of hydrogen-bond donors (Lipinski definition) is 1. The van der Waals surface area contributed by atoms with E-state index in [9.17, 15) is 14.3 Å². The van der Waals surface area contributed by atoms with Gasteiger partial charge < -0.3 is 14.9 Å². The summed E-state index contributed by atoms with van der Waals surface area (Å²) in [7, 11) is 0. The first kappa shape index (κ1) is 21.4. The van der Waals surface area contributed by atoms with Gasteiger partial charge in [-0.3, -0.25) is 4.79 Å². The van der Waals surface area contributed by atoms with Crippen LogP contribution < -0.4 is 4.90 Å². The lowest BCUT2D eigenvalue weighted by atomic mass is 9.84. The topological polar surface area (TPSA) is 100 Å². The summed E-state index contributed by atoms with van der Waals surface area (Å²) in [6.07, 6.45) is 4.03. The summed E-state index contributed by atoms with van der Waals surface area (Å²) < 4.78 is 15.0. The third kappa shape index (κ3) is 3.84. The van der Waals surface area contributed by atoms with Gasteiger partial charge in [-0.25, -0.2) is 14.4 Å². The van der Waals surface area contributed by atoms with Gasteiger partial charge in [0, 0.05) is 36.6 Å². The third-order valence-electron chi connectivity index (χ3n) is 6.61. The molecule has 5 rings (SSSR count). The lowest BCUT2D eigenvalue weighted by molar-refractivity contribution is 0.0527. The van der Waals surface area contributed by atoms with E-state index in [1.54, 1.807) is 11.0 Å². The van der Waals surface area contributed by atoms with E-state index in [-0.39, 0.29) is 17.8 Å². The lowest BCUT2D eigenvalue weighted by Gasteiger charge is -2.45. The van der Waals surface area contributed by atoms with Gasteiger partial charge >= 0.3 is 0 Å². The zero-order valence-corrected chi connectivity index (χ0v) is 18.6. The van der Waals surface area contributed by atoms with Crippen LogP contribution in [0.2, 0.25) is 0 Å². The Morgan fingerprint density at radius 1 is 1.12 bits per heavy atom. The van der Waals surface area contributed by atoms with E-state index in [1.165, 1.54) is 29.3 Å². The number of aromatic nitrogens is 5. The molecular formula is C23H26FN7O2. The Hall–Kier alpha value is -3.40. The first-order valence-corrected chi connectivity index (χ1v) is 11.1. The zero-order chi connectivity index (χ0) is 23.2. The summed E-state index contributed by atoms with van der Waals surface area (Å²) >= 11 is 0. The van der Waals surface area contributed by atoms with Crippen molar-refractivity contribution in [3.05, 3.63) is 59.4 Å². The van der Waals surface area contributed by atoms with Gasteiger partial charge in [-0.05, 0) is 51.3 Å². The highest BCUT2D eigenvalue weighted by Gasteiger charge is 2.50. The van der Waals surface area contributed by atoms with Crippen LogP contribution in [0.5, 0.6) is 0 Å². The summed E-state index contributed by atoms with van der Waals surface area (Å²) in [4.78, 5) is 27.8. The number of anilines is 1. The summed E-state index contributed by atoms with van der Waals surface area (Å²) in [6, 6.07) is 6.35. The maximum atomic E-state index is 15.0. The molecule has 1 aromatic carbocycles. The minimum absolute atomic E-state index is 0.0813. The van der Waals surface area contributed by atoms with Crippen molar-refractivity contribution in [3.63, 3.8) is 0 Å². The highest BCUT2D eigenvalue weighted by Crippen LogP contribution is 2.40. The Kier molecular flexibility index (Phi) is 5.32. The Morgan fingerprint density at radius 2 is 1.79 bits per heavy atom. The monoisotopic (exact) mass is 451 g/mol. The molecule has 1 amide bonds. The van der Waals surface area contributed by atoms with Gasteiger partial charge in [-0.1, -0.05) is 6.07 Å². The molecule has 2 aliphatic heterocycles. The number of piperidine rings is 1. The van der Waals surface area contributed by atoms with Gasteiger partial charge in [0.2, 0.25) is 5.95 Å². The standard InChI is InChI=1S/C23H26FN7O2/c1-15-12-16(2)28-22(27-15)29-10-6-23(7-11-29)13-17(32)14-30(23)21(33)20-18(24)4-3-5-19(20)31-25-8-9-26-31/h3-5,8-9,12,17,32H,6-7,10-11,13-14H2,1-2H3. The number of rotatable bonds is 3. The number of β-amino-alcohol motifs (C(OH)–C–C–N with tert-alkyl or cyclic N) is 1. The van der Waals surface area contributed by atoms with Crippen molar-refractivity contribution in [2.24, 2.45) is 0 Å². The fraction of sp³-hybridized carbons (Fsp3) is 0.435. The summed E-state index contributed by atoms with van der Waals surface area (Å²) in [5, 5.41) is 18.7. The number of nitrogens with zero attached hydrogens (tertiary/aromatic N) is 7. The molecule has 0 bridgehead atoms. The molecule has 33 heavy (non-hydrogen) atoms. The zero-order valence-electron chi connectivity index (χ0n) is 18.6. The summed E-state index contributed by atoms with van der Waals surface area (Å²) in [6.45, 7) is 5.34. The minimum atomic E-state index is -0.656. The molecule has 2 aromatic heterocycles. The number of carbonyl (C=O) groups is 1. The van der Waals surface area contributed by atoms with Crippen LogP contribution in [0.25, 0.3) is 5.69 Å². The normalized spacial score (nSPS) is 19.9. The number of aliphatic hydroxyl groups is 1. The molecule has 172 valence electrons. The number of carbonyl (C=O) groups excluding carboxylic acids is 1. The molecule has 0 saturated carbocycles. The quantitative estimate of drug-likeness (QED) is 0.651. The van der Waals surface area contributed by atoms with Crippen molar-refractivity contribution < 1.29 is 14.3 Å². The van der Waals surface area contributed by atoms with Gasteiger partial charge in [0.25, 0.3) is 5.91 Å². The SMILES string of the molecule is Cc1cc(C)nc(N2CCC3(CC2)CC(O)CN3C(=O)c2c(F)cccc2-n2nccn2)n1. The fourth-order valence-electron chi connectivity index (χ4n) is 5.13. The molecule has 0 radical (unpaired) electrons. The van der Waals surface area contributed by atoms with E-state index >= 15 is 0 Å². The van der Waals surface area contributed by atoms with Crippen LogP contribution in [0.4, 0.5) is 10.3 Å². The molecule has 0 aliphatic carbocycles. The van der Waals surface area contributed by atoms with Gasteiger partial charge in [0.15, 0.2) is 0 Å². The predicted octanol–water partition coefficient (Wildman–Crippen LogP) is 2.06. The molecule has 4 heterocycles. The Morgan fingerprint density at radius 3 is 2.45 bits per heavy atom. The van der Waals surface area contributed by atoms with Gasteiger partial charge in [0.1, 0.15) is 17.1 Å². The highest BCUT2D eigenvalue weighted by atomic mass is 19.1. The summed E-state index contributed by atoms with van der Waals surface area (Å²) in [5.74, 6) is -0.402. The van der Waals surface area contributed by atoms with Gasteiger partial charge in [0.05, 0.1) is 18.5 Å². The molecule has 3 aromatic rings. The van der Waals surface area contributed by atoms with E-state index < -0.39 is 23.4 Å². The largest absolute Gasteiger partial charge is 0.391 e. The second-order valence-corrected chi connectivity index (χ2v) is 8.89. The number of hydrogen-bond acceptors (Lipinski definition) is 7. The third-order valence-corrected chi connectivity index (χ3v) is 6.61. The molecule has 1 atom stereocenters. The second kappa shape index (κ2) is 8.18. The van der Waals surface area contributed by atoms with E-state index in [2.05, 4.69) is 25.1 Å². The molecule has 2 saturated heterocycles. The molecule has 2 aliphatic rings. The van der Waals surface area contributed by atoms with E-state index in [0.29, 0.717) is 38.3 Å².